The first kappa shape index (κ1) is 14.3. The topological polar surface area (TPSA) is 15.3 Å². The van der Waals surface area contributed by atoms with E-state index in [-0.39, 0.29) is 0 Å². The molecular formula is C16H32N2. The molecule has 1 heterocycles. The quantitative estimate of drug-likeness (QED) is 0.698. The molecule has 0 atom stereocenters. The fourth-order valence-corrected chi connectivity index (χ4v) is 3.78. The van der Waals surface area contributed by atoms with E-state index in [9.17, 15) is 0 Å². The Morgan fingerprint density at radius 3 is 2.56 bits per heavy atom. The van der Waals surface area contributed by atoms with Crippen molar-refractivity contribution >= 4 is 0 Å². The van der Waals surface area contributed by atoms with E-state index >= 15 is 0 Å². The molecular weight excluding hydrogens is 220 g/mol. The number of unbranched alkanes of at least 4 members (excludes halogenated alkanes) is 2. The molecule has 1 N–H and O–H groups in total. The summed E-state index contributed by atoms with van der Waals surface area (Å²) >= 11 is 0. The molecule has 1 aliphatic heterocycles. The van der Waals surface area contributed by atoms with Crippen LogP contribution < -0.4 is 5.32 Å². The summed E-state index contributed by atoms with van der Waals surface area (Å²) in [5, 5.41) is 3.50. The zero-order valence-corrected chi connectivity index (χ0v) is 12.5. The smallest absolute Gasteiger partial charge is 0.00384 e. The monoisotopic (exact) mass is 252 g/mol. The van der Waals surface area contributed by atoms with E-state index in [1.54, 1.807) is 0 Å². The Balaban J connectivity index is 1.50. The van der Waals surface area contributed by atoms with Gasteiger partial charge in [-0.05, 0) is 57.2 Å². The third-order valence-corrected chi connectivity index (χ3v) is 4.89. The molecule has 2 heteroatoms. The van der Waals surface area contributed by atoms with E-state index in [1.807, 2.05) is 0 Å². The lowest BCUT2D eigenvalue weighted by Crippen LogP contribution is -2.26. The minimum absolute atomic E-state index is 0.644. The van der Waals surface area contributed by atoms with Gasteiger partial charge in [0.1, 0.15) is 0 Å². The minimum Gasteiger partial charge on any atom is -0.315 e. The van der Waals surface area contributed by atoms with E-state index in [2.05, 4.69) is 24.1 Å². The second-order valence-electron chi connectivity index (χ2n) is 6.90. The largest absolute Gasteiger partial charge is 0.315 e. The van der Waals surface area contributed by atoms with Gasteiger partial charge in [0.25, 0.3) is 0 Å². The first-order valence-corrected chi connectivity index (χ1v) is 8.16. The van der Waals surface area contributed by atoms with Crippen LogP contribution in [0.4, 0.5) is 0 Å². The average Bonchev–Trinajstić information content (AvgIpc) is 2.95. The highest BCUT2D eigenvalue weighted by Crippen LogP contribution is 2.45. The minimum atomic E-state index is 0.644. The van der Waals surface area contributed by atoms with Crippen molar-refractivity contribution in [1.82, 2.24) is 10.2 Å². The number of rotatable bonds is 7. The van der Waals surface area contributed by atoms with Crippen LogP contribution in [-0.4, -0.2) is 37.1 Å². The summed E-state index contributed by atoms with van der Waals surface area (Å²) in [6.45, 7) is 9.79. The first-order chi connectivity index (χ1) is 8.70. The van der Waals surface area contributed by atoms with Crippen LogP contribution in [0.25, 0.3) is 0 Å². The molecule has 1 saturated carbocycles. The Hall–Kier alpha value is -0.0800. The summed E-state index contributed by atoms with van der Waals surface area (Å²) in [6, 6.07) is 0.644. The number of hydrogen-bond acceptors (Lipinski definition) is 2. The van der Waals surface area contributed by atoms with Crippen LogP contribution in [0.5, 0.6) is 0 Å². The fourth-order valence-electron chi connectivity index (χ4n) is 3.78. The summed E-state index contributed by atoms with van der Waals surface area (Å²) in [4.78, 5) is 2.74. The molecule has 1 saturated heterocycles. The molecule has 2 fully saturated rings. The van der Waals surface area contributed by atoms with Gasteiger partial charge in [0.15, 0.2) is 0 Å². The molecule has 1 spiro atoms. The van der Waals surface area contributed by atoms with E-state index in [4.69, 9.17) is 0 Å². The molecule has 0 unspecified atom stereocenters. The lowest BCUT2D eigenvalue weighted by atomic mass is 9.86. The lowest BCUT2D eigenvalue weighted by Gasteiger charge is -2.23. The van der Waals surface area contributed by atoms with Crippen LogP contribution in [0.15, 0.2) is 0 Å². The molecule has 0 amide bonds. The predicted octanol–water partition coefficient (Wildman–Crippen LogP) is 3.42. The van der Waals surface area contributed by atoms with Crippen molar-refractivity contribution in [3.8, 4) is 0 Å². The molecule has 0 aromatic rings. The molecule has 2 aliphatic rings. The van der Waals surface area contributed by atoms with Crippen molar-refractivity contribution in [3.63, 3.8) is 0 Å². The van der Waals surface area contributed by atoms with Gasteiger partial charge < -0.3 is 10.2 Å². The highest BCUT2D eigenvalue weighted by molar-refractivity contribution is 4.92. The SMILES string of the molecule is CC(C)NCCCCCN1CCC2(CCCC2)C1. The van der Waals surface area contributed by atoms with E-state index in [0.717, 1.165) is 5.41 Å². The molecule has 0 radical (unpaired) electrons. The van der Waals surface area contributed by atoms with Crippen LogP contribution in [0.3, 0.4) is 0 Å². The molecule has 2 rings (SSSR count). The second kappa shape index (κ2) is 6.91. The van der Waals surface area contributed by atoms with E-state index in [0.29, 0.717) is 6.04 Å². The van der Waals surface area contributed by atoms with Crippen LogP contribution in [0.2, 0.25) is 0 Å². The van der Waals surface area contributed by atoms with Crippen molar-refractivity contribution < 1.29 is 0 Å². The van der Waals surface area contributed by atoms with Gasteiger partial charge in [0.2, 0.25) is 0 Å². The van der Waals surface area contributed by atoms with Crippen molar-refractivity contribution in [1.29, 1.82) is 0 Å². The molecule has 2 nitrogen and oxygen atoms in total. The lowest BCUT2D eigenvalue weighted by molar-refractivity contribution is 0.257. The van der Waals surface area contributed by atoms with Crippen LogP contribution in [0.1, 0.15) is 65.2 Å². The van der Waals surface area contributed by atoms with E-state index < -0.39 is 0 Å². The number of likely N-dealkylation sites (tertiary alicyclic amines) is 1. The summed E-state index contributed by atoms with van der Waals surface area (Å²) in [6.07, 6.45) is 11.6. The zero-order valence-electron chi connectivity index (χ0n) is 12.5. The normalized spacial score (nSPS) is 23.5. The summed E-state index contributed by atoms with van der Waals surface area (Å²) < 4.78 is 0. The third-order valence-electron chi connectivity index (χ3n) is 4.89. The highest BCUT2D eigenvalue weighted by atomic mass is 15.2. The average molecular weight is 252 g/mol. The number of nitrogens with zero attached hydrogens (tertiary/aromatic N) is 1. The maximum atomic E-state index is 3.50. The standard InChI is InChI=1S/C16H32N2/c1-15(2)17-11-6-3-7-12-18-13-10-16(14-18)8-4-5-9-16/h15,17H,3-14H2,1-2H3. The Bertz CT molecular complexity index is 231. The predicted molar refractivity (Wildman–Crippen MR) is 78.9 cm³/mol. The summed E-state index contributed by atoms with van der Waals surface area (Å²) in [5.74, 6) is 0. The number of hydrogen-bond donors (Lipinski definition) is 1. The van der Waals surface area contributed by atoms with Crippen molar-refractivity contribution in [2.24, 2.45) is 5.41 Å². The molecule has 0 aromatic carbocycles. The highest BCUT2D eigenvalue weighted by Gasteiger charge is 2.39. The maximum Gasteiger partial charge on any atom is 0.00384 e. The third kappa shape index (κ3) is 4.24. The van der Waals surface area contributed by atoms with E-state index in [1.165, 1.54) is 77.5 Å². The second-order valence-corrected chi connectivity index (χ2v) is 6.90. The summed E-state index contributed by atoms with van der Waals surface area (Å²) in [7, 11) is 0. The van der Waals surface area contributed by atoms with Crippen molar-refractivity contribution in [3.05, 3.63) is 0 Å². The first-order valence-electron chi connectivity index (χ1n) is 8.16. The Labute approximate surface area is 114 Å². The molecule has 0 aromatic heterocycles. The van der Waals surface area contributed by atoms with Gasteiger partial charge in [-0.15, -0.1) is 0 Å². The van der Waals surface area contributed by atoms with Gasteiger partial charge in [0, 0.05) is 12.6 Å². The summed E-state index contributed by atoms with van der Waals surface area (Å²) in [5.41, 5.74) is 0.763. The maximum absolute atomic E-state index is 3.50. The molecule has 1 aliphatic carbocycles. The molecule has 0 bridgehead atoms. The Morgan fingerprint density at radius 2 is 1.83 bits per heavy atom. The molecule has 18 heavy (non-hydrogen) atoms. The Kier molecular flexibility index (Phi) is 5.50. The van der Waals surface area contributed by atoms with Gasteiger partial charge >= 0.3 is 0 Å². The van der Waals surface area contributed by atoms with Gasteiger partial charge in [-0.25, -0.2) is 0 Å². The van der Waals surface area contributed by atoms with Crippen molar-refractivity contribution in [2.45, 2.75) is 71.3 Å². The fraction of sp³-hybridized carbons (Fsp3) is 1.00. The van der Waals surface area contributed by atoms with Crippen LogP contribution in [-0.2, 0) is 0 Å². The van der Waals surface area contributed by atoms with Gasteiger partial charge in [-0.2, -0.15) is 0 Å². The van der Waals surface area contributed by atoms with Crippen molar-refractivity contribution in [2.75, 3.05) is 26.2 Å². The molecule has 106 valence electrons. The Morgan fingerprint density at radius 1 is 1.06 bits per heavy atom. The van der Waals surface area contributed by atoms with Gasteiger partial charge in [0.05, 0.1) is 0 Å². The number of nitrogens with one attached hydrogen (secondary N) is 1. The van der Waals surface area contributed by atoms with Gasteiger partial charge in [-0.3, -0.25) is 0 Å². The van der Waals surface area contributed by atoms with Crippen LogP contribution >= 0.6 is 0 Å². The van der Waals surface area contributed by atoms with Gasteiger partial charge in [-0.1, -0.05) is 33.1 Å². The zero-order chi connectivity index (χ0) is 12.8. The van der Waals surface area contributed by atoms with Crippen LogP contribution in [0, 0.1) is 5.41 Å².